The van der Waals surface area contributed by atoms with E-state index in [4.69, 9.17) is 16.4 Å². The summed E-state index contributed by atoms with van der Waals surface area (Å²) in [7, 11) is 0. The van der Waals surface area contributed by atoms with Crippen molar-refractivity contribution >= 4 is 11.4 Å². The number of rotatable bonds is 2. The number of piperidine rings is 1. The Morgan fingerprint density at radius 3 is 2.50 bits per heavy atom. The molecule has 0 radical (unpaired) electrons. The fourth-order valence-corrected chi connectivity index (χ4v) is 3.71. The molecule has 1 fully saturated rings. The van der Waals surface area contributed by atoms with Crippen LogP contribution in [0.4, 0.5) is 0 Å². The minimum atomic E-state index is -0.240. The first-order chi connectivity index (χ1) is 12.7. The number of ether oxygens (including phenoxy) is 1. The van der Waals surface area contributed by atoms with E-state index in [2.05, 4.69) is 46.2 Å². The maximum atomic E-state index is 6.43. The Kier molecular flexibility index (Phi) is 4.36. The zero-order valence-electron chi connectivity index (χ0n) is 14.5. The van der Waals surface area contributed by atoms with Crippen LogP contribution >= 0.6 is 0 Å². The fraction of sp³-hybridized carbons (Fsp3) is 0.250. The van der Waals surface area contributed by atoms with E-state index in [1.54, 1.807) is 0 Å². The Morgan fingerprint density at radius 1 is 1.08 bits per heavy atom. The van der Waals surface area contributed by atoms with Crippen LogP contribution in [-0.2, 0) is 0 Å². The second kappa shape index (κ2) is 6.82. The Balaban J connectivity index is 1.77. The van der Waals surface area contributed by atoms with Crippen molar-refractivity contribution in [3.05, 3.63) is 71.3 Å². The number of para-hydroxylation sites is 1. The van der Waals surface area contributed by atoms with E-state index < -0.39 is 0 Å². The van der Waals surface area contributed by atoms with E-state index >= 15 is 0 Å². The summed E-state index contributed by atoms with van der Waals surface area (Å²) in [5.74, 6) is 12.2. The maximum Gasteiger partial charge on any atom is 0.166 e. The summed E-state index contributed by atoms with van der Waals surface area (Å²) in [6.45, 7) is 1.92. The number of hydrazone groups is 1. The van der Waals surface area contributed by atoms with Gasteiger partial charge < -0.3 is 21.3 Å². The Labute approximate surface area is 152 Å². The van der Waals surface area contributed by atoms with Gasteiger partial charge in [-0.05, 0) is 36.4 Å². The molecule has 0 atom stereocenters. The van der Waals surface area contributed by atoms with Gasteiger partial charge in [-0.15, -0.1) is 0 Å². The molecule has 6 N–H and O–H groups in total. The summed E-state index contributed by atoms with van der Waals surface area (Å²) >= 11 is 0. The average molecular weight is 349 g/mol. The van der Waals surface area contributed by atoms with Crippen molar-refractivity contribution < 1.29 is 4.74 Å². The molecule has 0 aromatic heterocycles. The van der Waals surface area contributed by atoms with Gasteiger partial charge >= 0.3 is 0 Å². The lowest BCUT2D eigenvalue weighted by molar-refractivity contribution is 0.0817. The zero-order chi connectivity index (χ0) is 18.0. The van der Waals surface area contributed by atoms with Crippen LogP contribution in [0.2, 0.25) is 0 Å². The summed E-state index contributed by atoms with van der Waals surface area (Å²) in [4.78, 5) is 0. The summed E-state index contributed by atoms with van der Waals surface area (Å²) < 4.78 is 6.43. The van der Waals surface area contributed by atoms with Crippen LogP contribution in [-0.4, -0.2) is 24.5 Å². The molecule has 4 rings (SSSR count). The van der Waals surface area contributed by atoms with Crippen LogP contribution in [0.15, 0.2) is 59.7 Å². The lowest BCUT2D eigenvalue weighted by Crippen LogP contribution is -2.46. The van der Waals surface area contributed by atoms with Crippen molar-refractivity contribution in [1.82, 2.24) is 10.7 Å². The number of fused-ring (bicyclic) bond motifs is 1. The highest BCUT2D eigenvalue weighted by Crippen LogP contribution is 2.42. The third-order valence-electron chi connectivity index (χ3n) is 5.08. The predicted molar refractivity (Wildman–Crippen MR) is 103 cm³/mol. The highest BCUT2D eigenvalue weighted by atomic mass is 16.5. The van der Waals surface area contributed by atoms with Crippen molar-refractivity contribution in [3.8, 4) is 5.75 Å². The van der Waals surface area contributed by atoms with E-state index in [0.29, 0.717) is 5.84 Å². The van der Waals surface area contributed by atoms with Gasteiger partial charge in [0.1, 0.15) is 11.4 Å². The van der Waals surface area contributed by atoms with Gasteiger partial charge in [0.2, 0.25) is 0 Å². The Bertz CT molecular complexity index is 851. The molecule has 134 valence electrons. The molecular formula is C20H23N5O. The number of hydrogen-bond acceptors (Lipinski definition) is 5. The van der Waals surface area contributed by atoms with E-state index in [9.17, 15) is 0 Å². The average Bonchev–Trinajstić information content (AvgIpc) is 2.69. The lowest BCUT2D eigenvalue weighted by atomic mass is 9.83. The first-order valence-electron chi connectivity index (χ1n) is 8.82. The SMILES string of the molecule is NN=C(NN)c1ccc(C2=CC3(CCNCC3)Oc3ccccc32)cc1. The Morgan fingerprint density at radius 2 is 1.81 bits per heavy atom. The molecule has 2 aromatic carbocycles. The summed E-state index contributed by atoms with van der Waals surface area (Å²) in [6.07, 6.45) is 4.22. The smallest absolute Gasteiger partial charge is 0.166 e. The van der Waals surface area contributed by atoms with Gasteiger partial charge in [0.15, 0.2) is 5.84 Å². The van der Waals surface area contributed by atoms with Gasteiger partial charge in [0.25, 0.3) is 0 Å². The quantitative estimate of drug-likeness (QED) is 0.286. The van der Waals surface area contributed by atoms with Crippen LogP contribution in [0.5, 0.6) is 5.75 Å². The van der Waals surface area contributed by atoms with Gasteiger partial charge in [-0.1, -0.05) is 42.5 Å². The zero-order valence-corrected chi connectivity index (χ0v) is 14.5. The normalized spacial score (nSPS) is 18.7. The van der Waals surface area contributed by atoms with Crippen LogP contribution in [0.25, 0.3) is 5.57 Å². The van der Waals surface area contributed by atoms with Crippen LogP contribution in [0, 0.1) is 0 Å². The summed E-state index contributed by atoms with van der Waals surface area (Å²) in [6, 6.07) is 16.3. The van der Waals surface area contributed by atoms with Gasteiger partial charge in [0.05, 0.1) is 0 Å². The molecule has 2 aliphatic heterocycles. The topological polar surface area (TPSA) is 97.7 Å². The second-order valence-corrected chi connectivity index (χ2v) is 6.67. The third kappa shape index (κ3) is 2.94. The molecule has 1 spiro atoms. The monoisotopic (exact) mass is 349 g/mol. The number of amidine groups is 1. The molecule has 1 saturated heterocycles. The summed E-state index contributed by atoms with van der Waals surface area (Å²) in [5.41, 5.74) is 6.57. The molecule has 2 aromatic rings. The minimum absolute atomic E-state index is 0.240. The number of hydrazine groups is 1. The van der Waals surface area contributed by atoms with Crippen molar-refractivity contribution in [2.75, 3.05) is 13.1 Å². The highest BCUT2D eigenvalue weighted by molar-refractivity contribution is 5.98. The van der Waals surface area contributed by atoms with Crippen molar-refractivity contribution in [2.45, 2.75) is 18.4 Å². The van der Waals surface area contributed by atoms with Crippen LogP contribution in [0.3, 0.4) is 0 Å². The van der Waals surface area contributed by atoms with Gasteiger partial charge in [-0.3, -0.25) is 0 Å². The molecule has 26 heavy (non-hydrogen) atoms. The van der Waals surface area contributed by atoms with E-state index in [1.807, 2.05) is 24.3 Å². The van der Waals surface area contributed by atoms with Gasteiger partial charge in [-0.25, -0.2) is 5.84 Å². The molecule has 2 heterocycles. The Hall–Kier alpha value is -2.83. The standard InChI is InChI=1S/C20H23N5O/c21-24-19(25-22)15-7-5-14(6-8-15)17-13-20(9-11-23-12-10-20)26-18-4-2-1-3-16(17)18/h1-8,13,23H,9-12,21-22H2,(H,24,25). The molecule has 0 unspecified atom stereocenters. The van der Waals surface area contributed by atoms with Crippen molar-refractivity contribution in [2.24, 2.45) is 16.8 Å². The number of benzene rings is 2. The first kappa shape index (κ1) is 16.6. The predicted octanol–water partition coefficient (Wildman–Crippen LogP) is 1.72. The van der Waals surface area contributed by atoms with Crippen LogP contribution in [0.1, 0.15) is 29.5 Å². The molecule has 6 heteroatoms. The van der Waals surface area contributed by atoms with Crippen LogP contribution < -0.4 is 27.2 Å². The van der Waals surface area contributed by atoms with E-state index in [1.165, 1.54) is 5.57 Å². The number of nitrogens with two attached hydrogens (primary N) is 2. The maximum absolute atomic E-state index is 6.43. The molecule has 0 aliphatic carbocycles. The molecule has 0 amide bonds. The second-order valence-electron chi connectivity index (χ2n) is 6.67. The van der Waals surface area contributed by atoms with Gasteiger partial charge in [-0.2, -0.15) is 5.10 Å². The minimum Gasteiger partial charge on any atom is -0.482 e. The summed E-state index contributed by atoms with van der Waals surface area (Å²) in [5, 5.41) is 7.08. The molecule has 0 bridgehead atoms. The van der Waals surface area contributed by atoms with E-state index in [-0.39, 0.29) is 5.60 Å². The third-order valence-corrected chi connectivity index (χ3v) is 5.08. The number of nitrogens with zero attached hydrogens (tertiary/aromatic N) is 1. The molecular weight excluding hydrogens is 326 g/mol. The van der Waals surface area contributed by atoms with E-state index in [0.717, 1.165) is 48.4 Å². The fourth-order valence-electron chi connectivity index (χ4n) is 3.71. The first-order valence-corrected chi connectivity index (χ1v) is 8.82. The molecule has 6 nitrogen and oxygen atoms in total. The highest BCUT2D eigenvalue weighted by Gasteiger charge is 2.36. The van der Waals surface area contributed by atoms with Crippen molar-refractivity contribution in [1.29, 1.82) is 0 Å². The van der Waals surface area contributed by atoms with Crippen molar-refractivity contribution in [3.63, 3.8) is 0 Å². The number of nitrogens with one attached hydrogen (secondary N) is 2. The molecule has 2 aliphatic rings. The number of hydrogen-bond donors (Lipinski definition) is 4. The molecule has 0 saturated carbocycles. The largest absolute Gasteiger partial charge is 0.482 e. The lowest BCUT2D eigenvalue weighted by Gasteiger charge is -2.40. The van der Waals surface area contributed by atoms with Gasteiger partial charge in [0, 0.05) is 24.0 Å².